The van der Waals surface area contributed by atoms with Crippen LogP contribution in [0.15, 0.2) is 0 Å². The molecule has 0 aromatic rings. The zero-order chi connectivity index (χ0) is 19.4. The van der Waals surface area contributed by atoms with Crippen molar-refractivity contribution in [2.75, 3.05) is 37.5 Å². The van der Waals surface area contributed by atoms with E-state index in [9.17, 15) is 21.9 Å². The van der Waals surface area contributed by atoms with Crippen LogP contribution < -0.4 is 10.6 Å². The molecule has 2 saturated heterocycles. The molecule has 0 amide bonds. The number of sulfone groups is 2. The van der Waals surface area contributed by atoms with Gasteiger partial charge in [0, 0.05) is 18.3 Å². The highest BCUT2D eigenvalue weighted by Crippen LogP contribution is 2.17. The normalized spacial score (nSPS) is 28.1. The first-order chi connectivity index (χ1) is 12.1. The fourth-order valence-electron chi connectivity index (χ4n) is 3.53. The quantitative estimate of drug-likeness (QED) is 0.421. The summed E-state index contributed by atoms with van der Waals surface area (Å²) in [5.74, 6) is -0.445. The molecule has 0 radical (unpaired) electrons. The summed E-state index contributed by atoms with van der Waals surface area (Å²) >= 11 is 0. The van der Waals surface area contributed by atoms with Crippen LogP contribution in [0.2, 0.25) is 0 Å². The van der Waals surface area contributed by atoms with Gasteiger partial charge < -0.3 is 20.5 Å². The first kappa shape index (κ1) is 22.0. The Hall–Kier alpha value is -0.260. The maximum Gasteiger partial charge on any atom is 0.157 e. The Morgan fingerprint density at radius 3 is 2.12 bits per heavy atom. The highest BCUT2D eigenvalue weighted by Gasteiger charge is 2.33. The van der Waals surface area contributed by atoms with Crippen molar-refractivity contribution in [3.8, 4) is 0 Å². The average Bonchev–Trinajstić information content (AvgIpc) is 3.21. The molecule has 2 rings (SSSR count). The lowest BCUT2D eigenvalue weighted by molar-refractivity contribution is 0.0472. The molecule has 2 fully saturated rings. The second-order valence-electron chi connectivity index (χ2n) is 7.58. The number of aliphatic hydroxyl groups excluding tert-OH is 1. The summed E-state index contributed by atoms with van der Waals surface area (Å²) in [7, 11) is -6.78. The molecule has 2 heterocycles. The van der Waals surface area contributed by atoms with E-state index in [1.807, 2.05) is 0 Å². The second kappa shape index (κ2) is 9.29. The third kappa shape index (κ3) is 6.72. The Morgan fingerprint density at radius 1 is 1.04 bits per heavy atom. The van der Waals surface area contributed by atoms with Crippen molar-refractivity contribution in [2.24, 2.45) is 0 Å². The van der Waals surface area contributed by atoms with Gasteiger partial charge in [-0.1, -0.05) is 0 Å². The van der Waals surface area contributed by atoms with Gasteiger partial charge in [-0.25, -0.2) is 16.8 Å². The number of nitrogens with one attached hydrogen (secondary N) is 2. The van der Waals surface area contributed by atoms with E-state index in [0.29, 0.717) is 0 Å². The molecular weight excluding hydrogens is 380 g/mol. The molecular formula is C16H32N2O6S2. The number of ether oxygens (including phenoxy) is 1. The molecule has 8 nitrogen and oxygen atoms in total. The average molecular weight is 413 g/mol. The van der Waals surface area contributed by atoms with E-state index < -0.39 is 37.1 Å². The Kier molecular flexibility index (Phi) is 7.87. The number of hydrogen-bond acceptors (Lipinski definition) is 8. The van der Waals surface area contributed by atoms with E-state index in [1.165, 1.54) is 0 Å². The Morgan fingerprint density at radius 2 is 1.62 bits per heavy atom. The minimum atomic E-state index is -3.54. The van der Waals surface area contributed by atoms with Crippen LogP contribution in [-0.2, 0) is 24.4 Å². The monoisotopic (exact) mass is 412 g/mol. The first-order valence-corrected chi connectivity index (χ1v) is 13.0. The van der Waals surface area contributed by atoms with E-state index in [0.717, 1.165) is 45.0 Å². The Bertz CT molecular complexity index is 640. The van der Waals surface area contributed by atoms with Gasteiger partial charge in [-0.3, -0.25) is 0 Å². The lowest BCUT2D eigenvalue weighted by atomic mass is 10.1. The molecule has 0 bridgehead atoms. The van der Waals surface area contributed by atoms with Crippen LogP contribution in [0, 0.1) is 0 Å². The summed E-state index contributed by atoms with van der Waals surface area (Å²) in [6, 6.07) is -0.258. The Balaban J connectivity index is 1.91. The van der Waals surface area contributed by atoms with E-state index in [1.54, 1.807) is 6.92 Å². The van der Waals surface area contributed by atoms with Crippen molar-refractivity contribution in [3.63, 3.8) is 0 Å². The zero-order valence-corrected chi connectivity index (χ0v) is 17.2. The molecule has 3 N–H and O–H groups in total. The first-order valence-electron chi connectivity index (χ1n) is 9.24. The summed E-state index contributed by atoms with van der Waals surface area (Å²) in [6.45, 7) is 3.07. The SMILES string of the molecule is CC(CO[C@H](CS(C)(=O)=O)[C@@H]1CCCN1)S(=O)(=O)C[C@@H](O)[C@@H]1CCCN1. The van der Waals surface area contributed by atoms with Gasteiger partial charge >= 0.3 is 0 Å². The van der Waals surface area contributed by atoms with Crippen molar-refractivity contribution in [1.29, 1.82) is 0 Å². The number of hydrogen-bond donors (Lipinski definition) is 3. The highest BCUT2D eigenvalue weighted by molar-refractivity contribution is 7.92. The van der Waals surface area contributed by atoms with Gasteiger partial charge in [0.25, 0.3) is 0 Å². The smallest absolute Gasteiger partial charge is 0.157 e. The molecule has 0 aromatic carbocycles. The van der Waals surface area contributed by atoms with Crippen molar-refractivity contribution < 1.29 is 26.7 Å². The molecule has 10 heteroatoms. The molecule has 0 spiro atoms. The summed E-state index contributed by atoms with van der Waals surface area (Å²) in [5, 5.41) is 15.7. The van der Waals surface area contributed by atoms with Gasteiger partial charge in [0.1, 0.15) is 9.84 Å². The van der Waals surface area contributed by atoms with Crippen molar-refractivity contribution in [3.05, 3.63) is 0 Å². The van der Waals surface area contributed by atoms with Crippen LogP contribution in [0.1, 0.15) is 32.6 Å². The van der Waals surface area contributed by atoms with Crippen molar-refractivity contribution >= 4 is 19.7 Å². The van der Waals surface area contributed by atoms with Gasteiger partial charge in [-0.2, -0.15) is 0 Å². The fourth-order valence-corrected chi connectivity index (χ4v) is 5.78. The third-order valence-electron chi connectivity index (χ3n) is 5.14. The third-order valence-corrected chi connectivity index (χ3v) is 8.24. The topological polar surface area (TPSA) is 122 Å². The van der Waals surface area contributed by atoms with Gasteiger partial charge in [0.05, 0.1) is 35.6 Å². The van der Waals surface area contributed by atoms with E-state index in [-0.39, 0.29) is 30.2 Å². The standard InChI is InChI=1S/C16H32N2O6S2/c1-12(26(22,23)10-15(19)13-5-3-7-17-13)9-24-16(11-25(2,20)21)14-6-4-8-18-14/h12-19H,3-11H2,1-2H3/t12?,13-,14-,15+,16+/m0/s1. The van der Waals surface area contributed by atoms with Crippen LogP contribution in [-0.4, -0.2) is 88.9 Å². The molecule has 0 saturated carbocycles. The largest absolute Gasteiger partial charge is 0.390 e. The fraction of sp³-hybridized carbons (Fsp3) is 1.00. The predicted octanol–water partition coefficient (Wildman–Crippen LogP) is -0.916. The zero-order valence-electron chi connectivity index (χ0n) is 15.6. The van der Waals surface area contributed by atoms with E-state index in [4.69, 9.17) is 4.74 Å². The molecule has 26 heavy (non-hydrogen) atoms. The molecule has 1 unspecified atom stereocenters. The van der Waals surface area contributed by atoms with Crippen molar-refractivity contribution in [2.45, 2.75) is 62.1 Å². The van der Waals surface area contributed by atoms with Crippen LogP contribution >= 0.6 is 0 Å². The number of aliphatic hydroxyl groups is 1. The highest BCUT2D eigenvalue weighted by atomic mass is 32.2. The number of rotatable bonds is 10. The van der Waals surface area contributed by atoms with Crippen LogP contribution in [0.3, 0.4) is 0 Å². The molecule has 0 aliphatic carbocycles. The molecule has 2 aliphatic rings. The summed E-state index contributed by atoms with van der Waals surface area (Å²) in [6.07, 6.45) is 3.12. The van der Waals surface area contributed by atoms with E-state index >= 15 is 0 Å². The molecule has 154 valence electrons. The van der Waals surface area contributed by atoms with Gasteiger partial charge in [0.15, 0.2) is 9.84 Å². The molecule has 5 atom stereocenters. The molecule has 2 aliphatic heterocycles. The van der Waals surface area contributed by atoms with Gasteiger partial charge in [-0.15, -0.1) is 0 Å². The van der Waals surface area contributed by atoms with Gasteiger partial charge in [0.2, 0.25) is 0 Å². The summed E-state index contributed by atoms with van der Waals surface area (Å²) < 4.78 is 54.1. The minimum absolute atomic E-state index is 0.0760. The van der Waals surface area contributed by atoms with Crippen LogP contribution in [0.25, 0.3) is 0 Å². The minimum Gasteiger partial charge on any atom is -0.390 e. The maximum absolute atomic E-state index is 12.5. The van der Waals surface area contributed by atoms with E-state index in [2.05, 4.69) is 10.6 Å². The van der Waals surface area contributed by atoms with Gasteiger partial charge in [-0.05, 0) is 45.7 Å². The lowest BCUT2D eigenvalue weighted by Gasteiger charge is -2.26. The second-order valence-corrected chi connectivity index (χ2v) is 12.2. The lowest BCUT2D eigenvalue weighted by Crippen LogP contribution is -2.44. The maximum atomic E-state index is 12.5. The van der Waals surface area contributed by atoms with Crippen LogP contribution in [0.5, 0.6) is 0 Å². The Labute approximate surface area is 156 Å². The van der Waals surface area contributed by atoms with Crippen LogP contribution in [0.4, 0.5) is 0 Å². The predicted molar refractivity (Wildman–Crippen MR) is 101 cm³/mol. The summed E-state index contributed by atoms with van der Waals surface area (Å²) in [5.41, 5.74) is 0. The molecule has 0 aromatic heterocycles. The van der Waals surface area contributed by atoms with Crippen molar-refractivity contribution in [1.82, 2.24) is 10.6 Å². The summed E-state index contributed by atoms with van der Waals surface area (Å²) in [4.78, 5) is 0.